The lowest BCUT2D eigenvalue weighted by atomic mass is 10.2. The highest BCUT2D eigenvalue weighted by Gasteiger charge is 2.22. The van der Waals surface area contributed by atoms with Crippen LogP contribution in [-0.2, 0) is 4.79 Å². The molecule has 0 aromatic heterocycles. The van der Waals surface area contributed by atoms with Crippen molar-refractivity contribution in [2.45, 2.75) is 38.6 Å². The molecule has 0 fully saturated rings. The van der Waals surface area contributed by atoms with E-state index in [-0.39, 0.29) is 16.8 Å². The van der Waals surface area contributed by atoms with Crippen LogP contribution < -0.4 is 4.90 Å². The first kappa shape index (κ1) is 13.2. The molecule has 0 aliphatic rings. The SMILES string of the molecule is Cc1ccc(N(C(=O)C(C)Br)C(C)C)cc1. The van der Waals surface area contributed by atoms with Crippen molar-refractivity contribution in [2.24, 2.45) is 0 Å². The third-order valence-corrected chi connectivity index (χ3v) is 2.80. The summed E-state index contributed by atoms with van der Waals surface area (Å²) < 4.78 is 0. The number of rotatable bonds is 3. The van der Waals surface area contributed by atoms with Crippen LogP contribution in [0.5, 0.6) is 0 Å². The Labute approximate surface area is 106 Å². The molecule has 1 rings (SSSR count). The van der Waals surface area contributed by atoms with E-state index in [9.17, 15) is 4.79 Å². The minimum Gasteiger partial charge on any atom is -0.309 e. The van der Waals surface area contributed by atoms with Crippen LogP contribution in [0.4, 0.5) is 5.69 Å². The lowest BCUT2D eigenvalue weighted by Crippen LogP contribution is -2.40. The fraction of sp³-hybridized carbons (Fsp3) is 0.462. The molecule has 0 saturated heterocycles. The molecule has 2 nitrogen and oxygen atoms in total. The van der Waals surface area contributed by atoms with E-state index in [0.717, 1.165) is 5.69 Å². The molecule has 1 aromatic carbocycles. The Hall–Kier alpha value is -0.830. The largest absolute Gasteiger partial charge is 0.309 e. The highest BCUT2D eigenvalue weighted by atomic mass is 79.9. The standard InChI is InChI=1S/C13H18BrNO/c1-9(2)15(13(16)11(4)14)12-7-5-10(3)6-8-12/h5-9,11H,1-4H3. The minimum absolute atomic E-state index is 0.0962. The molecule has 3 heteroatoms. The second-order valence-electron chi connectivity index (χ2n) is 4.25. The normalized spacial score (nSPS) is 12.6. The third kappa shape index (κ3) is 3.08. The van der Waals surface area contributed by atoms with Gasteiger partial charge in [-0.15, -0.1) is 0 Å². The first-order valence-electron chi connectivity index (χ1n) is 5.47. The summed E-state index contributed by atoms with van der Waals surface area (Å²) in [6, 6.07) is 8.19. The zero-order valence-corrected chi connectivity index (χ0v) is 11.8. The van der Waals surface area contributed by atoms with Crippen LogP contribution >= 0.6 is 15.9 Å². The maximum atomic E-state index is 12.0. The Morgan fingerprint density at radius 1 is 1.19 bits per heavy atom. The molecule has 0 spiro atoms. The lowest BCUT2D eigenvalue weighted by Gasteiger charge is -2.28. The maximum absolute atomic E-state index is 12.0. The number of anilines is 1. The van der Waals surface area contributed by atoms with E-state index < -0.39 is 0 Å². The fourth-order valence-electron chi connectivity index (χ4n) is 1.58. The molecular formula is C13H18BrNO. The summed E-state index contributed by atoms with van der Waals surface area (Å²) in [7, 11) is 0. The molecule has 0 N–H and O–H groups in total. The van der Waals surface area contributed by atoms with Crippen LogP contribution in [0.2, 0.25) is 0 Å². The second kappa shape index (κ2) is 5.48. The van der Waals surface area contributed by atoms with E-state index in [2.05, 4.69) is 15.9 Å². The summed E-state index contributed by atoms with van der Waals surface area (Å²) in [4.78, 5) is 13.7. The van der Waals surface area contributed by atoms with Crippen LogP contribution in [0.1, 0.15) is 26.3 Å². The Morgan fingerprint density at radius 3 is 2.06 bits per heavy atom. The van der Waals surface area contributed by atoms with Gasteiger partial charge in [0.1, 0.15) is 0 Å². The summed E-state index contributed by atoms with van der Waals surface area (Å²) in [6.07, 6.45) is 0. The molecular weight excluding hydrogens is 266 g/mol. The molecule has 1 unspecified atom stereocenters. The summed E-state index contributed by atoms with van der Waals surface area (Å²) in [5.74, 6) is 0.0962. The number of aryl methyl sites for hydroxylation is 1. The van der Waals surface area contributed by atoms with E-state index >= 15 is 0 Å². The van der Waals surface area contributed by atoms with Crippen molar-refractivity contribution < 1.29 is 4.79 Å². The smallest absolute Gasteiger partial charge is 0.240 e. The van der Waals surface area contributed by atoms with E-state index in [1.165, 1.54) is 5.56 Å². The van der Waals surface area contributed by atoms with Crippen molar-refractivity contribution in [3.05, 3.63) is 29.8 Å². The van der Waals surface area contributed by atoms with Crippen molar-refractivity contribution in [1.29, 1.82) is 0 Å². The molecule has 1 aromatic rings. The molecule has 1 amide bonds. The number of amides is 1. The van der Waals surface area contributed by atoms with E-state index in [1.54, 1.807) is 0 Å². The number of carbonyl (C=O) groups is 1. The monoisotopic (exact) mass is 283 g/mol. The van der Waals surface area contributed by atoms with Gasteiger partial charge in [0.15, 0.2) is 0 Å². The quantitative estimate of drug-likeness (QED) is 0.778. The summed E-state index contributed by atoms with van der Waals surface area (Å²) in [5, 5.41) is 0. The van der Waals surface area contributed by atoms with Gasteiger partial charge < -0.3 is 4.90 Å². The van der Waals surface area contributed by atoms with E-state index in [0.29, 0.717) is 0 Å². The van der Waals surface area contributed by atoms with Gasteiger partial charge in [-0.2, -0.15) is 0 Å². The van der Waals surface area contributed by atoms with Crippen LogP contribution in [0.25, 0.3) is 0 Å². The molecule has 0 aliphatic carbocycles. The van der Waals surface area contributed by atoms with Gasteiger partial charge in [0, 0.05) is 11.7 Å². The number of carbonyl (C=O) groups excluding carboxylic acids is 1. The zero-order valence-electron chi connectivity index (χ0n) is 10.2. The van der Waals surface area contributed by atoms with Gasteiger partial charge in [-0.1, -0.05) is 33.6 Å². The van der Waals surface area contributed by atoms with Crippen molar-refractivity contribution >= 4 is 27.5 Å². The average molecular weight is 284 g/mol. The molecule has 0 saturated carbocycles. The van der Waals surface area contributed by atoms with Gasteiger partial charge in [-0.25, -0.2) is 0 Å². The molecule has 1 atom stereocenters. The lowest BCUT2D eigenvalue weighted by molar-refractivity contribution is -0.118. The van der Waals surface area contributed by atoms with Gasteiger partial charge in [-0.3, -0.25) is 4.79 Å². The van der Waals surface area contributed by atoms with Gasteiger partial charge >= 0.3 is 0 Å². The fourth-order valence-corrected chi connectivity index (χ4v) is 1.80. The van der Waals surface area contributed by atoms with Crippen LogP contribution in [0.15, 0.2) is 24.3 Å². The van der Waals surface area contributed by atoms with Gasteiger partial charge in [0.25, 0.3) is 0 Å². The summed E-state index contributed by atoms with van der Waals surface area (Å²) in [6.45, 7) is 7.94. The second-order valence-corrected chi connectivity index (χ2v) is 5.63. The van der Waals surface area contributed by atoms with Crippen molar-refractivity contribution in [3.63, 3.8) is 0 Å². The van der Waals surface area contributed by atoms with Crippen molar-refractivity contribution in [1.82, 2.24) is 0 Å². The number of halogens is 1. The van der Waals surface area contributed by atoms with Crippen molar-refractivity contribution in [3.8, 4) is 0 Å². The molecule has 0 bridgehead atoms. The van der Waals surface area contributed by atoms with Gasteiger partial charge in [0.05, 0.1) is 4.83 Å². The molecule has 88 valence electrons. The maximum Gasteiger partial charge on any atom is 0.240 e. The molecule has 16 heavy (non-hydrogen) atoms. The highest BCUT2D eigenvalue weighted by Crippen LogP contribution is 2.20. The number of alkyl halides is 1. The minimum atomic E-state index is -0.156. The molecule has 0 heterocycles. The first-order chi connectivity index (χ1) is 7.43. The van der Waals surface area contributed by atoms with E-state index in [4.69, 9.17) is 0 Å². The van der Waals surface area contributed by atoms with Crippen LogP contribution in [0.3, 0.4) is 0 Å². The number of benzene rings is 1. The number of nitrogens with zero attached hydrogens (tertiary/aromatic N) is 1. The number of hydrogen-bond acceptors (Lipinski definition) is 1. The predicted octanol–water partition coefficient (Wildman–Crippen LogP) is 3.52. The average Bonchev–Trinajstić information content (AvgIpc) is 2.20. The molecule has 0 radical (unpaired) electrons. The van der Waals surface area contributed by atoms with E-state index in [1.807, 2.05) is 56.9 Å². The number of hydrogen-bond donors (Lipinski definition) is 0. The Balaban J connectivity index is 3.03. The zero-order chi connectivity index (χ0) is 12.3. The third-order valence-electron chi connectivity index (χ3n) is 2.41. The predicted molar refractivity (Wildman–Crippen MR) is 72.2 cm³/mol. The Morgan fingerprint density at radius 2 is 1.69 bits per heavy atom. The topological polar surface area (TPSA) is 20.3 Å². The summed E-state index contributed by atoms with van der Waals surface area (Å²) in [5.41, 5.74) is 2.16. The Bertz CT molecular complexity index is 357. The highest BCUT2D eigenvalue weighted by molar-refractivity contribution is 9.10. The first-order valence-corrected chi connectivity index (χ1v) is 6.39. The Kier molecular flexibility index (Phi) is 4.54. The van der Waals surface area contributed by atoms with Crippen molar-refractivity contribution in [2.75, 3.05) is 4.90 Å². The van der Waals surface area contributed by atoms with Crippen LogP contribution in [-0.4, -0.2) is 16.8 Å². The van der Waals surface area contributed by atoms with Gasteiger partial charge in [0.2, 0.25) is 5.91 Å². The summed E-state index contributed by atoms with van der Waals surface area (Å²) >= 11 is 3.33. The molecule has 0 aliphatic heterocycles. The van der Waals surface area contributed by atoms with Crippen LogP contribution in [0, 0.1) is 6.92 Å². The van der Waals surface area contributed by atoms with Gasteiger partial charge in [-0.05, 0) is 39.8 Å².